The van der Waals surface area contributed by atoms with E-state index in [2.05, 4.69) is 0 Å². The second kappa shape index (κ2) is 5.24. The molecule has 18 heavy (non-hydrogen) atoms. The molecule has 2 saturated carbocycles. The van der Waals surface area contributed by atoms with Gasteiger partial charge >= 0.3 is 0 Å². The second-order valence-corrected chi connectivity index (χ2v) is 7.08. The Morgan fingerprint density at radius 1 is 0.778 bits per heavy atom. The topological polar surface area (TPSA) is 37.4 Å². The highest BCUT2D eigenvalue weighted by Gasteiger charge is 2.49. The fraction of sp³-hybridized carbons (Fsp3) is 0.857. The monoisotopic (exact) mass is 267 g/mol. The molecule has 100 valence electrons. The van der Waals surface area contributed by atoms with Crippen molar-refractivity contribution in [1.29, 1.82) is 0 Å². The summed E-state index contributed by atoms with van der Waals surface area (Å²) in [7, 11) is 0. The maximum absolute atomic E-state index is 12.3. The second-order valence-electron chi connectivity index (χ2n) is 5.83. The molecule has 2 aliphatic carbocycles. The highest BCUT2D eigenvalue weighted by atomic mass is 32.2. The Morgan fingerprint density at radius 3 is 1.83 bits per heavy atom. The number of carbonyl (C=O) groups is 2. The van der Waals surface area contributed by atoms with Gasteiger partial charge in [0.1, 0.15) is 0 Å². The van der Waals surface area contributed by atoms with Crippen molar-refractivity contribution in [2.24, 2.45) is 11.8 Å². The Balaban J connectivity index is 1.68. The summed E-state index contributed by atoms with van der Waals surface area (Å²) < 4.78 is 1.54. The van der Waals surface area contributed by atoms with Crippen LogP contribution in [0.5, 0.6) is 0 Å². The van der Waals surface area contributed by atoms with Gasteiger partial charge in [-0.05, 0) is 37.6 Å². The number of imide groups is 1. The third kappa shape index (κ3) is 2.20. The van der Waals surface area contributed by atoms with E-state index in [0.717, 1.165) is 38.5 Å². The van der Waals surface area contributed by atoms with Gasteiger partial charge in [0.2, 0.25) is 11.8 Å². The summed E-state index contributed by atoms with van der Waals surface area (Å²) in [6, 6.07) is 0. The first-order valence-corrected chi connectivity index (χ1v) is 8.15. The summed E-state index contributed by atoms with van der Waals surface area (Å²) in [4.78, 5) is 24.6. The zero-order chi connectivity index (χ0) is 12.5. The summed E-state index contributed by atoms with van der Waals surface area (Å²) in [5.74, 6) is 0.255. The summed E-state index contributed by atoms with van der Waals surface area (Å²) in [6.45, 7) is 0. The van der Waals surface area contributed by atoms with Crippen LogP contribution in [-0.2, 0) is 9.59 Å². The largest absolute Gasteiger partial charge is 0.273 e. The molecule has 3 nitrogen and oxygen atoms in total. The molecule has 0 bridgehead atoms. The van der Waals surface area contributed by atoms with E-state index >= 15 is 0 Å². The zero-order valence-electron chi connectivity index (χ0n) is 10.8. The van der Waals surface area contributed by atoms with Crippen molar-refractivity contribution in [3.05, 3.63) is 0 Å². The van der Waals surface area contributed by atoms with Crippen molar-refractivity contribution >= 4 is 23.8 Å². The Bertz CT molecular complexity index is 328. The van der Waals surface area contributed by atoms with E-state index in [4.69, 9.17) is 0 Å². The van der Waals surface area contributed by atoms with Crippen LogP contribution in [-0.4, -0.2) is 21.4 Å². The fourth-order valence-electron chi connectivity index (χ4n) is 3.56. The number of nitrogens with zero attached hydrogens (tertiary/aromatic N) is 1. The van der Waals surface area contributed by atoms with Gasteiger partial charge in [-0.15, -0.1) is 0 Å². The van der Waals surface area contributed by atoms with Gasteiger partial charge in [-0.25, -0.2) is 4.31 Å². The van der Waals surface area contributed by atoms with Crippen LogP contribution in [0.15, 0.2) is 0 Å². The quantitative estimate of drug-likeness (QED) is 0.570. The SMILES string of the molecule is O=C1C2CCCCC2C(=O)N1SC1CCCCC1. The van der Waals surface area contributed by atoms with Crippen LogP contribution in [0.1, 0.15) is 57.8 Å². The number of hydrogen-bond donors (Lipinski definition) is 0. The summed E-state index contributed by atoms with van der Waals surface area (Å²) in [5.41, 5.74) is 0. The van der Waals surface area contributed by atoms with Gasteiger partial charge in [0, 0.05) is 5.25 Å². The molecular formula is C14H21NO2S. The third-order valence-corrected chi connectivity index (χ3v) is 5.95. The third-order valence-electron chi connectivity index (χ3n) is 4.61. The smallest absolute Gasteiger partial charge is 0.243 e. The molecular weight excluding hydrogens is 246 g/mol. The first kappa shape index (κ1) is 12.5. The van der Waals surface area contributed by atoms with Crippen LogP contribution in [0.3, 0.4) is 0 Å². The summed E-state index contributed by atoms with van der Waals surface area (Å²) in [5, 5.41) is 0.492. The normalized spacial score (nSPS) is 33.9. The van der Waals surface area contributed by atoms with Crippen molar-refractivity contribution in [3.63, 3.8) is 0 Å². The fourth-order valence-corrected chi connectivity index (χ4v) is 4.88. The number of fused-ring (bicyclic) bond motifs is 1. The van der Waals surface area contributed by atoms with E-state index in [1.807, 2.05) is 0 Å². The molecule has 0 aromatic rings. The maximum Gasteiger partial charge on any atom is 0.243 e. The lowest BCUT2D eigenvalue weighted by molar-refractivity contribution is -0.133. The number of rotatable bonds is 2. The van der Waals surface area contributed by atoms with E-state index < -0.39 is 0 Å². The van der Waals surface area contributed by atoms with Crippen LogP contribution in [0.2, 0.25) is 0 Å². The van der Waals surface area contributed by atoms with E-state index in [1.165, 1.54) is 23.6 Å². The van der Waals surface area contributed by atoms with Crippen LogP contribution in [0, 0.1) is 11.8 Å². The minimum atomic E-state index is 0.0161. The standard InChI is InChI=1S/C14H21NO2S/c16-13-11-8-4-5-9-12(11)14(17)15(13)18-10-6-2-1-3-7-10/h10-12H,1-9H2. The average Bonchev–Trinajstić information content (AvgIpc) is 2.66. The van der Waals surface area contributed by atoms with Crippen LogP contribution >= 0.6 is 11.9 Å². The molecule has 4 heteroatoms. The van der Waals surface area contributed by atoms with Gasteiger partial charge < -0.3 is 0 Å². The molecule has 0 spiro atoms. The van der Waals surface area contributed by atoms with Crippen molar-refractivity contribution in [1.82, 2.24) is 4.31 Å². The highest BCUT2D eigenvalue weighted by Crippen LogP contribution is 2.43. The molecule has 0 aromatic carbocycles. The highest BCUT2D eigenvalue weighted by molar-refractivity contribution is 7.98. The van der Waals surface area contributed by atoms with Crippen LogP contribution in [0.25, 0.3) is 0 Å². The Labute approximate surface area is 113 Å². The predicted octanol–water partition coefficient (Wildman–Crippen LogP) is 3.14. The van der Waals surface area contributed by atoms with Crippen LogP contribution in [0.4, 0.5) is 0 Å². The molecule has 0 radical (unpaired) electrons. The molecule has 3 rings (SSSR count). The molecule has 3 fully saturated rings. The lowest BCUT2D eigenvalue weighted by Crippen LogP contribution is -2.27. The van der Waals surface area contributed by atoms with E-state index in [-0.39, 0.29) is 23.7 Å². The molecule has 2 unspecified atom stereocenters. The maximum atomic E-state index is 12.3. The van der Waals surface area contributed by atoms with Gasteiger partial charge in [0.05, 0.1) is 11.8 Å². The lowest BCUT2D eigenvalue weighted by Gasteiger charge is -2.24. The van der Waals surface area contributed by atoms with Crippen molar-refractivity contribution < 1.29 is 9.59 Å². The van der Waals surface area contributed by atoms with Gasteiger partial charge in [-0.2, -0.15) is 0 Å². The molecule has 1 heterocycles. The minimum Gasteiger partial charge on any atom is -0.273 e. The zero-order valence-corrected chi connectivity index (χ0v) is 11.6. The van der Waals surface area contributed by atoms with Crippen molar-refractivity contribution in [2.45, 2.75) is 63.0 Å². The molecule has 0 N–H and O–H groups in total. The van der Waals surface area contributed by atoms with E-state index in [1.54, 1.807) is 11.9 Å². The summed E-state index contributed by atoms with van der Waals surface area (Å²) >= 11 is 1.54. The molecule has 2 amide bonds. The van der Waals surface area contributed by atoms with Gasteiger partial charge in [0.15, 0.2) is 0 Å². The predicted molar refractivity (Wildman–Crippen MR) is 71.8 cm³/mol. The summed E-state index contributed by atoms with van der Waals surface area (Å²) in [6.07, 6.45) is 10.2. The van der Waals surface area contributed by atoms with Gasteiger partial charge in [0.25, 0.3) is 0 Å². The molecule has 1 aliphatic heterocycles. The number of carbonyl (C=O) groups excluding carboxylic acids is 2. The van der Waals surface area contributed by atoms with Crippen molar-refractivity contribution in [2.75, 3.05) is 0 Å². The van der Waals surface area contributed by atoms with E-state index in [9.17, 15) is 9.59 Å². The lowest BCUT2D eigenvalue weighted by atomic mass is 9.81. The van der Waals surface area contributed by atoms with Gasteiger partial charge in [-0.3, -0.25) is 9.59 Å². The van der Waals surface area contributed by atoms with Crippen LogP contribution < -0.4 is 0 Å². The molecule has 3 aliphatic rings. The molecule has 2 atom stereocenters. The number of hydrogen-bond acceptors (Lipinski definition) is 3. The average molecular weight is 267 g/mol. The first-order valence-electron chi connectivity index (χ1n) is 7.32. The Morgan fingerprint density at radius 2 is 1.28 bits per heavy atom. The molecule has 0 aromatic heterocycles. The molecule has 1 saturated heterocycles. The minimum absolute atomic E-state index is 0.0161. The Hall–Kier alpha value is -0.510. The number of amides is 2. The van der Waals surface area contributed by atoms with Crippen molar-refractivity contribution in [3.8, 4) is 0 Å². The first-order chi connectivity index (χ1) is 8.77. The van der Waals surface area contributed by atoms with Gasteiger partial charge in [-0.1, -0.05) is 32.1 Å². The Kier molecular flexibility index (Phi) is 3.64. The van der Waals surface area contributed by atoms with E-state index in [0.29, 0.717) is 5.25 Å².